The van der Waals surface area contributed by atoms with E-state index in [9.17, 15) is 10.5 Å². The molecule has 0 radical (unpaired) electrons. The van der Waals surface area contributed by atoms with Crippen molar-refractivity contribution in [2.75, 3.05) is 9.80 Å². The summed E-state index contributed by atoms with van der Waals surface area (Å²) in [7, 11) is 0. The van der Waals surface area contributed by atoms with Crippen LogP contribution in [0.2, 0.25) is 0 Å². The molecule has 0 bridgehead atoms. The number of anilines is 6. The highest BCUT2D eigenvalue weighted by Crippen LogP contribution is 2.50. The van der Waals surface area contributed by atoms with Gasteiger partial charge in [-0.05, 0) is 163 Å². The summed E-state index contributed by atoms with van der Waals surface area (Å²) in [6, 6.07) is 73.0. The Kier molecular flexibility index (Phi) is 11.4. The molecule has 0 unspecified atom stereocenters. The molecule has 0 atom stereocenters. The summed E-state index contributed by atoms with van der Waals surface area (Å²) >= 11 is 0. The molecule has 0 N–H and O–H groups in total. The quantitative estimate of drug-likeness (QED) is 0.101. The van der Waals surface area contributed by atoms with Crippen molar-refractivity contribution >= 4 is 66.4 Å². The highest BCUT2D eigenvalue weighted by atomic mass is 19.1. The van der Waals surface area contributed by atoms with E-state index in [2.05, 4.69) is 12.1 Å². The lowest BCUT2D eigenvalue weighted by Crippen LogP contribution is -2.14. The second-order valence-electron chi connectivity index (χ2n) is 18.1. The van der Waals surface area contributed by atoms with Crippen molar-refractivity contribution < 1.29 is 17.6 Å². The average molecular weight is 963 g/mol. The van der Waals surface area contributed by atoms with Gasteiger partial charge in [0.2, 0.25) is 0 Å². The summed E-state index contributed by atoms with van der Waals surface area (Å²) in [5, 5.41) is 24.1. The van der Waals surface area contributed by atoms with Gasteiger partial charge in [-0.25, -0.2) is 17.6 Å². The van der Waals surface area contributed by atoms with Crippen LogP contribution in [0.1, 0.15) is 11.1 Å². The zero-order valence-electron chi connectivity index (χ0n) is 39.2. The first kappa shape index (κ1) is 45.1. The minimum atomic E-state index is -0.643. The van der Waals surface area contributed by atoms with Gasteiger partial charge >= 0.3 is 0 Å². The summed E-state index contributed by atoms with van der Waals surface area (Å²) in [5.41, 5.74) is 9.91. The summed E-state index contributed by atoms with van der Waals surface area (Å²) in [6.07, 6.45) is 0. The summed E-state index contributed by atoms with van der Waals surface area (Å²) < 4.78 is 64.4. The monoisotopic (exact) mass is 962 g/mol. The maximum atomic E-state index is 16.6. The van der Waals surface area contributed by atoms with E-state index in [0.29, 0.717) is 33.9 Å². The van der Waals surface area contributed by atoms with Crippen LogP contribution >= 0.6 is 0 Å². The molecule has 0 aliphatic carbocycles. The summed E-state index contributed by atoms with van der Waals surface area (Å²) in [5.74, 6) is -2.53. The van der Waals surface area contributed by atoms with Crippen LogP contribution in [0.3, 0.4) is 0 Å². The fourth-order valence-electron chi connectivity index (χ4n) is 10.2. The predicted molar refractivity (Wildman–Crippen MR) is 291 cm³/mol. The minimum Gasteiger partial charge on any atom is -0.307 e. The highest BCUT2D eigenvalue weighted by molar-refractivity contribution is 6.28. The molecule has 8 heteroatoms. The first-order valence-corrected chi connectivity index (χ1v) is 23.8. The van der Waals surface area contributed by atoms with Crippen LogP contribution in [-0.2, 0) is 0 Å². The maximum Gasteiger partial charge on any atom is 0.147 e. The van der Waals surface area contributed by atoms with Gasteiger partial charge in [0.05, 0.1) is 46.0 Å². The second-order valence-corrected chi connectivity index (χ2v) is 18.1. The highest BCUT2D eigenvalue weighted by Gasteiger charge is 2.26. The van der Waals surface area contributed by atoms with Gasteiger partial charge in [-0.3, -0.25) is 0 Å². The number of nitrogens with zero attached hydrogens (tertiary/aromatic N) is 4. The molecule has 350 valence electrons. The SMILES string of the molecule is N#Cc1ccc(-c2cc(-c3ccccc3)cc(N(c3cc(F)ccc3F)c3ccc4ccc5c(N(c6cc(-c7ccccc7)cc(-c7ccc(C#N)cc7)c6)c6cc(F)ccc6F)ccc6ccc3c4c65)c2)cc1. The van der Waals surface area contributed by atoms with Crippen LogP contribution in [0.5, 0.6) is 0 Å². The van der Waals surface area contributed by atoms with E-state index in [4.69, 9.17) is 0 Å². The van der Waals surface area contributed by atoms with Crippen molar-refractivity contribution in [3.63, 3.8) is 0 Å². The fraction of sp³-hybridized carbons (Fsp3) is 0. The number of benzene rings is 12. The lowest BCUT2D eigenvalue weighted by molar-refractivity contribution is 0.601. The van der Waals surface area contributed by atoms with Gasteiger partial charge in [-0.1, -0.05) is 121 Å². The smallest absolute Gasteiger partial charge is 0.147 e. The average Bonchev–Trinajstić information content (AvgIpc) is 3.47. The van der Waals surface area contributed by atoms with Crippen LogP contribution in [-0.4, -0.2) is 0 Å². The molecule has 12 aromatic rings. The van der Waals surface area contributed by atoms with E-state index in [-0.39, 0.29) is 11.4 Å². The third-order valence-electron chi connectivity index (χ3n) is 13.7. The number of halogens is 4. The largest absolute Gasteiger partial charge is 0.307 e. The van der Waals surface area contributed by atoms with Gasteiger partial charge in [0, 0.05) is 34.3 Å². The molecule has 0 heterocycles. The Morgan fingerprint density at radius 3 is 1.01 bits per heavy atom. The van der Waals surface area contributed by atoms with Gasteiger partial charge in [0.25, 0.3) is 0 Å². The summed E-state index contributed by atoms with van der Waals surface area (Å²) in [4.78, 5) is 3.50. The van der Waals surface area contributed by atoms with Gasteiger partial charge < -0.3 is 9.80 Å². The molecule has 0 aliphatic heterocycles. The van der Waals surface area contributed by atoms with E-state index in [1.165, 1.54) is 12.1 Å². The van der Waals surface area contributed by atoms with Crippen LogP contribution in [0.4, 0.5) is 51.7 Å². The van der Waals surface area contributed by atoms with Crippen molar-refractivity contribution in [1.29, 1.82) is 10.5 Å². The van der Waals surface area contributed by atoms with E-state index in [1.807, 2.05) is 170 Å². The Labute approximate surface area is 424 Å². The fourth-order valence-corrected chi connectivity index (χ4v) is 10.2. The Balaban J connectivity index is 1.12. The van der Waals surface area contributed by atoms with E-state index in [0.717, 1.165) is 101 Å². The van der Waals surface area contributed by atoms with Gasteiger partial charge in [0.15, 0.2) is 0 Å². The molecule has 4 nitrogen and oxygen atoms in total. The standard InChI is InChI=1S/C66H38F4N4/c67-53-23-27-59(69)63(37-53)73(55-33-49(43-7-3-1-4-8-43)31-51(35-55)45-15-11-41(39-71)12-16-45)61-29-21-47-20-26-58-62(30-22-48-19-25-57(61)65(47)66(48)58)74(64-38-54(68)24-28-60(64)70)56-34-50(44-9-5-2-6-10-44)32-52(36-56)46-17-13-42(40-72)14-18-46/h1-38H. The Morgan fingerprint density at radius 1 is 0.297 bits per heavy atom. The van der Waals surface area contributed by atoms with Crippen molar-refractivity contribution in [3.05, 3.63) is 265 Å². The lowest BCUT2D eigenvalue weighted by Gasteiger charge is -2.30. The van der Waals surface area contributed by atoms with Crippen LogP contribution in [0.15, 0.2) is 231 Å². The molecule has 74 heavy (non-hydrogen) atoms. The van der Waals surface area contributed by atoms with Gasteiger partial charge in [0.1, 0.15) is 23.3 Å². The molecule has 0 aromatic heterocycles. The Hall–Kier alpha value is -10.0. The number of nitriles is 2. The van der Waals surface area contributed by atoms with Crippen LogP contribution < -0.4 is 9.80 Å². The molecule has 0 saturated heterocycles. The molecule has 0 fully saturated rings. The molecule has 0 saturated carbocycles. The molecule has 0 aliphatic rings. The molecule has 0 spiro atoms. The molecule has 0 amide bonds. The first-order chi connectivity index (χ1) is 36.2. The second kappa shape index (κ2) is 18.6. The van der Waals surface area contributed by atoms with Crippen LogP contribution in [0, 0.1) is 45.9 Å². The maximum absolute atomic E-state index is 16.6. The normalized spacial score (nSPS) is 11.2. The Bertz CT molecular complexity index is 3930. The van der Waals surface area contributed by atoms with Crippen molar-refractivity contribution in [2.24, 2.45) is 0 Å². The zero-order valence-corrected chi connectivity index (χ0v) is 39.2. The topological polar surface area (TPSA) is 54.1 Å². The molecular formula is C66H38F4N4. The minimum absolute atomic E-state index is 0.0131. The number of hydrogen-bond donors (Lipinski definition) is 0. The summed E-state index contributed by atoms with van der Waals surface area (Å²) in [6.45, 7) is 0. The predicted octanol–water partition coefficient (Wildman–Crippen LogP) is 18.5. The molecular weight excluding hydrogens is 925 g/mol. The van der Waals surface area contributed by atoms with Gasteiger partial charge in [-0.2, -0.15) is 10.5 Å². The van der Waals surface area contributed by atoms with Crippen LogP contribution in [0.25, 0.3) is 76.8 Å². The number of rotatable bonds is 10. The number of hydrogen-bond acceptors (Lipinski definition) is 4. The van der Waals surface area contributed by atoms with Crippen molar-refractivity contribution in [1.82, 2.24) is 0 Å². The Morgan fingerprint density at radius 2 is 0.649 bits per heavy atom. The third-order valence-corrected chi connectivity index (χ3v) is 13.7. The molecule has 12 aromatic carbocycles. The van der Waals surface area contributed by atoms with Gasteiger partial charge in [-0.15, -0.1) is 0 Å². The third kappa shape index (κ3) is 8.17. The van der Waals surface area contributed by atoms with E-state index < -0.39 is 23.3 Å². The van der Waals surface area contributed by atoms with E-state index in [1.54, 1.807) is 34.1 Å². The zero-order chi connectivity index (χ0) is 50.5. The first-order valence-electron chi connectivity index (χ1n) is 23.8. The van der Waals surface area contributed by atoms with E-state index >= 15 is 17.6 Å². The lowest BCUT2D eigenvalue weighted by atomic mass is 9.91. The van der Waals surface area contributed by atoms with Crippen molar-refractivity contribution in [3.8, 4) is 56.6 Å². The van der Waals surface area contributed by atoms with Crippen molar-refractivity contribution in [2.45, 2.75) is 0 Å². The molecule has 12 rings (SSSR count).